The maximum absolute atomic E-state index is 12.1. The molecular formula is C12H13ClN2O5. The maximum Gasteiger partial charge on any atom is 0.330 e. The molecule has 0 spiro atoms. The van der Waals surface area contributed by atoms with Gasteiger partial charge in [-0.05, 0) is 19.9 Å². The van der Waals surface area contributed by atoms with E-state index < -0.39 is 22.3 Å². The number of nitrogens with one attached hydrogen (secondary N) is 1. The lowest BCUT2D eigenvalue weighted by Gasteiger charge is -2.23. The highest BCUT2D eigenvalue weighted by Gasteiger charge is 2.32. The number of amides is 1. The second kappa shape index (κ2) is 5.87. The zero-order chi connectivity index (χ0) is 15.5. The molecule has 0 radical (unpaired) electrons. The van der Waals surface area contributed by atoms with Crippen molar-refractivity contribution >= 4 is 29.2 Å². The van der Waals surface area contributed by atoms with Crippen molar-refractivity contribution in [3.05, 3.63) is 38.9 Å². The van der Waals surface area contributed by atoms with Crippen LogP contribution in [0.5, 0.6) is 0 Å². The fraction of sp³-hybridized carbons (Fsp3) is 0.333. The number of hydrogen-bond acceptors (Lipinski definition) is 5. The smallest absolute Gasteiger partial charge is 0.330 e. The van der Waals surface area contributed by atoms with Crippen LogP contribution in [0.15, 0.2) is 18.2 Å². The fourth-order valence-corrected chi connectivity index (χ4v) is 1.77. The van der Waals surface area contributed by atoms with E-state index in [4.69, 9.17) is 11.6 Å². The van der Waals surface area contributed by atoms with Crippen LogP contribution in [0.25, 0.3) is 0 Å². The minimum absolute atomic E-state index is 0.0853. The van der Waals surface area contributed by atoms with Gasteiger partial charge in [-0.2, -0.15) is 0 Å². The van der Waals surface area contributed by atoms with Crippen molar-refractivity contribution in [3.63, 3.8) is 0 Å². The van der Waals surface area contributed by atoms with Gasteiger partial charge in [-0.15, -0.1) is 0 Å². The van der Waals surface area contributed by atoms with E-state index in [1.807, 2.05) is 0 Å². The highest BCUT2D eigenvalue weighted by molar-refractivity contribution is 6.35. The molecule has 0 fully saturated rings. The van der Waals surface area contributed by atoms with Crippen LogP contribution >= 0.6 is 11.6 Å². The number of halogens is 1. The van der Waals surface area contributed by atoms with Crippen LogP contribution in [0.4, 0.5) is 5.69 Å². The van der Waals surface area contributed by atoms with Gasteiger partial charge in [-0.3, -0.25) is 14.9 Å². The summed E-state index contributed by atoms with van der Waals surface area (Å²) in [5.74, 6) is -1.35. The first-order valence-corrected chi connectivity index (χ1v) is 5.92. The zero-order valence-corrected chi connectivity index (χ0v) is 11.9. The Kier molecular flexibility index (Phi) is 4.67. The Morgan fingerprint density at radius 3 is 2.50 bits per heavy atom. The number of ether oxygens (including phenoxy) is 1. The first-order valence-electron chi connectivity index (χ1n) is 5.54. The highest BCUT2D eigenvalue weighted by atomic mass is 35.5. The summed E-state index contributed by atoms with van der Waals surface area (Å²) >= 11 is 5.82. The van der Waals surface area contributed by atoms with Crippen molar-refractivity contribution in [2.45, 2.75) is 19.4 Å². The van der Waals surface area contributed by atoms with Crippen molar-refractivity contribution in [1.29, 1.82) is 0 Å². The lowest BCUT2D eigenvalue weighted by molar-refractivity contribution is -0.384. The quantitative estimate of drug-likeness (QED) is 0.520. The molecule has 0 heterocycles. The molecule has 0 aliphatic heterocycles. The third kappa shape index (κ3) is 3.24. The number of carbonyl (C=O) groups is 2. The number of nitrogens with zero attached hydrogens (tertiary/aromatic N) is 1. The number of nitro benzene ring substituents is 1. The standard InChI is InChI=1S/C12H13ClN2O5/c1-12(2,11(17)20-3)14-10(16)7-5-4-6-8(9(7)13)15(18)19/h4-6H,1-3H3,(H,14,16). The lowest BCUT2D eigenvalue weighted by atomic mass is 10.0. The first kappa shape index (κ1) is 15.9. The number of hydrogen-bond donors (Lipinski definition) is 1. The molecule has 8 heteroatoms. The average molecular weight is 301 g/mol. The largest absolute Gasteiger partial charge is 0.467 e. The molecule has 0 unspecified atom stereocenters. The second-order valence-electron chi connectivity index (χ2n) is 4.47. The van der Waals surface area contributed by atoms with Gasteiger partial charge < -0.3 is 10.1 Å². The molecule has 0 aromatic heterocycles. The Hall–Kier alpha value is -2.15. The van der Waals surface area contributed by atoms with Gasteiger partial charge in [0, 0.05) is 6.07 Å². The van der Waals surface area contributed by atoms with Crippen LogP contribution in [0.3, 0.4) is 0 Å². The zero-order valence-electron chi connectivity index (χ0n) is 11.1. The minimum atomic E-state index is -1.28. The van der Waals surface area contributed by atoms with Crippen molar-refractivity contribution in [3.8, 4) is 0 Å². The number of carbonyl (C=O) groups excluding carboxylic acids is 2. The van der Waals surface area contributed by atoms with Gasteiger partial charge >= 0.3 is 5.97 Å². The van der Waals surface area contributed by atoms with Crippen LogP contribution in [0, 0.1) is 10.1 Å². The second-order valence-corrected chi connectivity index (χ2v) is 4.84. The maximum atomic E-state index is 12.1. The molecule has 7 nitrogen and oxygen atoms in total. The van der Waals surface area contributed by atoms with Crippen molar-refractivity contribution < 1.29 is 19.2 Å². The first-order chi connectivity index (χ1) is 9.20. The summed E-state index contributed by atoms with van der Waals surface area (Å²) in [6.07, 6.45) is 0. The van der Waals surface area contributed by atoms with Gasteiger partial charge in [0.25, 0.3) is 11.6 Å². The van der Waals surface area contributed by atoms with Gasteiger partial charge in [0.15, 0.2) is 0 Å². The summed E-state index contributed by atoms with van der Waals surface area (Å²) < 4.78 is 4.55. The van der Waals surface area contributed by atoms with Crippen LogP contribution in [0.2, 0.25) is 5.02 Å². The summed E-state index contributed by atoms with van der Waals surface area (Å²) in [6.45, 7) is 2.89. The minimum Gasteiger partial charge on any atom is -0.467 e. The molecule has 0 atom stereocenters. The average Bonchev–Trinajstić information content (AvgIpc) is 2.36. The molecule has 0 saturated carbocycles. The van der Waals surface area contributed by atoms with Crippen LogP contribution < -0.4 is 5.32 Å². The topological polar surface area (TPSA) is 98.5 Å². The van der Waals surface area contributed by atoms with Crippen LogP contribution in [-0.2, 0) is 9.53 Å². The van der Waals surface area contributed by atoms with Gasteiger partial charge in [-0.1, -0.05) is 17.7 Å². The predicted octanol–water partition coefficient (Wildman–Crippen LogP) is 1.93. The molecule has 0 aliphatic carbocycles. The van der Waals surface area contributed by atoms with E-state index in [0.717, 1.165) is 0 Å². The molecule has 0 bridgehead atoms. The number of esters is 1. The van der Waals surface area contributed by atoms with Crippen molar-refractivity contribution in [2.75, 3.05) is 7.11 Å². The summed E-state index contributed by atoms with van der Waals surface area (Å²) in [7, 11) is 1.19. The Balaban J connectivity index is 3.08. The third-order valence-corrected chi connectivity index (χ3v) is 2.94. The predicted molar refractivity (Wildman–Crippen MR) is 71.7 cm³/mol. The van der Waals surface area contributed by atoms with Gasteiger partial charge in [0.1, 0.15) is 10.6 Å². The molecule has 0 saturated heterocycles. The molecule has 1 aromatic rings. The Morgan fingerprint density at radius 2 is 2.00 bits per heavy atom. The van der Waals surface area contributed by atoms with E-state index in [2.05, 4.69) is 10.1 Å². The van der Waals surface area contributed by atoms with Crippen molar-refractivity contribution in [1.82, 2.24) is 5.32 Å². The molecule has 1 rings (SSSR count). The van der Waals surface area contributed by atoms with E-state index in [1.54, 1.807) is 0 Å². The number of rotatable bonds is 4. The third-order valence-electron chi connectivity index (χ3n) is 2.54. The number of benzene rings is 1. The van der Waals surface area contributed by atoms with Gasteiger partial charge in [0.2, 0.25) is 0 Å². The molecule has 1 aromatic carbocycles. The summed E-state index contributed by atoms with van der Waals surface area (Å²) in [5, 5.41) is 12.9. The highest BCUT2D eigenvalue weighted by Crippen LogP contribution is 2.28. The van der Waals surface area contributed by atoms with Crippen LogP contribution in [0.1, 0.15) is 24.2 Å². The summed E-state index contributed by atoms with van der Waals surface area (Å²) in [6, 6.07) is 3.85. The van der Waals surface area contributed by atoms with E-state index in [0.29, 0.717) is 0 Å². The molecule has 1 amide bonds. The number of methoxy groups -OCH3 is 1. The van der Waals surface area contributed by atoms with E-state index >= 15 is 0 Å². The molecule has 0 aliphatic rings. The Morgan fingerprint density at radius 1 is 1.40 bits per heavy atom. The summed E-state index contributed by atoms with van der Waals surface area (Å²) in [4.78, 5) is 33.6. The van der Waals surface area contributed by atoms with E-state index in [1.165, 1.54) is 39.2 Å². The molecule has 108 valence electrons. The van der Waals surface area contributed by atoms with Gasteiger partial charge in [0.05, 0.1) is 17.6 Å². The number of nitro groups is 1. The van der Waals surface area contributed by atoms with Crippen LogP contribution in [-0.4, -0.2) is 29.4 Å². The van der Waals surface area contributed by atoms with Crippen molar-refractivity contribution in [2.24, 2.45) is 0 Å². The lowest BCUT2D eigenvalue weighted by Crippen LogP contribution is -2.50. The normalized spacial score (nSPS) is 10.8. The van der Waals surface area contributed by atoms with Gasteiger partial charge in [-0.25, -0.2) is 4.79 Å². The fourth-order valence-electron chi connectivity index (χ4n) is 1.49. The SMILES string of the molecule is COC(=O)C(C)(C)NC(=O)c1cccc([N+](=O)[O-])c1Cl. The molecule has 20 heavy (non-hydrogen) atoms. The monoisotopic (exact) mass is 300 g/mol. The van der Waals surface area contributed by atoms with E-state index in [9.17, 15) is 19.7 Å². The van der Waals surface area contributed by atoms with E-state index in [-0.39, 0.29) is 16.3 Å². The Labute approximate surface area is 120 Å². The molecule has 1 N–H and O–H groups in total. The Bertz CT molecular complexity index is 571. The molecular weight excluding hydrogens is 288 g/mol. The summed E-state index contributed by atoms with van der Waals surface area (Å²) in [5.41, 5.74) is -1.74.